The number of nitrogens with zero attached hydrogens (tertiary/aromatic N) is 1. The van der Waals surface area contributed by atoms with Gasteiger partial charge in [0.1, 0.15) is 24.4 Å². The molecule has 1 rings (SSSR count). The smallest absolute Gasteiger partial charge is 0.243 e. The Labute approximate surface area is 292 Å². The zero-order valence-electron chi connectivity index (χ0n) is 30.6. The van der Waals surface area contributed by atoms with Crippen molar-refractivity contribution < 1.29 is 33.9 Å². The van der Waals surface area contributed by atoms with Gasteiger partial charge in [0.05, 0.1) is 12.1 Å². The highest BCUT2D eigenvalue weighted by molar-refractivity contribution is 5.93. The van der Waals surface area contributed by atoms with Crippen molar-refractivity contribution in [1.82, 2.24) is 26.2 Å². The summed E-state index contributed by atoms with van der Waals surface area (Å²) < 4.78 is 0. The molecule has 15 nitrogen and oxygen atoms in total. The molecule has 11 N–H and O–H groups in total. The SMILES string of the molecule is CC(C)C[C@@H](NC(=O)[C@H](C)N(C)C(=O)[C@@H](C)CCC(N)=O)C(O)N[C@@H](CCN)C(=O)N[C@@H](CC1CCCCC1)C(=O)N[C@H](C(N)=O)C(C)C. The molecule has 0 aromatic heterocycles. The molecule has 0 aromatic carbocycles. The largest absolute Gasteiger partial charge is 0.376 e. The van der Waals surface area contributed by atoms with Gasteiger partial charge in [-0.2, -0.15) is 0 Å². The first-order valence-corrected chi connectivity index (χ1v) is 17.8. The zero-order chi connectivity index (χ0) is 37.4. The van der Waals surface area contributed by atoms with E-state index in [1.807, 2.05) is 13.8 Å². The van der Waals surface area contributed by atoms with Gasteiger partial charge in [-0.3, -0.25) is 34.1 Å². The highest BCUT2D eigenvalue weighted by atomic mass is 16.3. The molecule has 0 bridgehead atoms. The van der Waals surface area contributed by atoms with Crippen LogP contribution in [0.15, 0.2) is 0 Å². The van der Waals surface area contributed by atoms with E-state index in [9.17, 15) is 33.9 Å². The van der Waals surface area contributed by atoms with Crippen LogP contribution in [-0.2, 0) is 28.8 Å². The lowest BCUT2D eigenvalue weighted by atomic mass is 9.84. The number of likely N-dealkylation sites (N-methyl/N-ethyl adjacent to an activating group) is 1. The monoisotopic (exact) mass is 696 g/mol. The fraction of sp³-hybridized carbons (Fsp3) is 0.824. The fourth-order valence-electron chi connectivity index (χ4n) is 6.13. The lowest BCUT2D eigenvalue weighted by Crippen LogP contribution is -2.61. The molecule has 0 heterocycles. The Balaban J connectivity index is 3.12. The first kappa shape index (κ1) is 43.7. The van der Waals surface area contributed by atoms with Crippen LogP contribution < -0.4 is 38.5 Å². The van der Waals surface area contributed by atoms with E-state index < -0.39 is 71.9 Å². The number of amides is 6. The summed E-state index contributed by atoms with van der Waals surface area (Å²) in [6.07, 6.45) is 4.79. The molecular weight excluding hydrogens is 632 g/mol. The summed E-state index contributed by atoms with van der Waals surface area (Å²) in [7, 11) is 1.49. The molecule has 49 heavy (non-hydrogen) atoms. The maximum absolute atomic E-state index is 13.7. The molecule has 15 heteroatoms. The van der Waals surface area contributed by atoms with E-state index in [0.717, 1.165) is 32.1 Å². The van der Waals surface area contributed by atoms with E-state index >= 15 is 0 Å². The van der Waals surface area contributed by atoms with Crippen molar-refractivity contribution in [2.45, 2.75) is 142 Å². The van der Waals surface area contributed by atoms with Gasteiger partial charge in [-0.25, -0.2) is 0 Å². The average Bonchev–Trinajstić information content (AvgIpc) is 3.03. The van der Waals surface area contributed by atoms with Gasteiger partial charge in [-0.15, -0.1) is 0 Å². The number of carbonyl (C=O) groups is 6. The van der Waals surface area contributed by atoms with Crippen LogP contribution in [0, 0.1) is 23.7 Å². The number of nitrogens with one attached hydrogen (secondary N) is 4. The molecule has 1 aliphatic rings. The van der Waals surface area contributed by atoms with Crippen LogP contribution in [-0.4, -0.2) is 95.5 Å². The van der Waals surface area contributed by atoms with Gasteiger partial charge in [0, 0.05) is 19.4 Å². The molecule has 0 radical (unpaired) electrons. The number of aliphatic hydroxyl groups excluding tert-OH is 1. The van der Waals surface area contributed by atoms with Crippen LogP contribution in [0.3, 0.4) is 0 Å². The van der Waals surface area contributed by atoms with E-state index in [-0.39, 0.29) is 49.5 Å². The van der Waals surface area contributed by atoms with Gasteiger partial charge in [-0.05, 0) is 56.9 Å². The minimum atomic E-state index is -1.39. The second kappa shape index (κ2) is 21.7. The van der Waals surface area contributed by atoms with Gasteiger partial charge in [-0.1, -0.05) is 66.7 Å². The standard InChI is InChI=1S/C34H64N8O7/c1-19(2)17-25(39-30(45)22(6)42(7)34(49)21(5)13-14-27(36)43)32(47)38-24(15-16-35)31(46)40-26(18-23-11-9-8-10-12-23)33(48)41-28(20(3)4)29(37)44/h19-26,28,32,38,47H,8-18,35H2,1-7H3,(H2,36,43)(H2,37,44)(H,39,45)(H,40,46)(H,41,48)/t21-,22-,24-,25+,26-,28-,32?/m0/s1. The summed E-state index contributed by atoms with van der Waals surface area (Å²) in [5.41, 5.74) is 16.6. The van der Waals surface area contributed by atoms with Crippen molar-refractivity contribution in [3.05, 3.63) is 0 Å². The minimum Gasteiger partial charge on any atom is -0.376 e. The van der Waals surface area contributed by atoms with Crippen LogP contribution in [0.4, 0.5) is 0 Å². The molecule has 7 atom stereocenters. The van der Waals surface area contributed by atoms with Crippen molar-refractivity contribution in [2.75, 3.05) is 13.6 Å². The molecule has 1 unspecified atom stereocenters. The number of hydrogen-bond acceptors (Lipinski definition) is 9. The molecule has 0 saturated heterocycles. The van der Waals surface area contributed by atoms with E-state index in [1.54, 1.807) is 27.7 Å². The highest BCUT2D eigenvalue weighted by Crippen LogP contribution is 2.27. The molecule has 1 saturated carbocycles. The Morgan fingerprint density at radius 2 is 1.41 bits per heavy atom. The van der Waals surface area contributed by atoms with Crippen LogP contribution in [0.1, 0.15) is 106 Å². The van der Waals surface area contributed by atoms with Gasteiger partial charge < -0.3 is 43.2 Å². The van der Waals surface area contributed by atoms with E-state index in [2.05, 4.69) is 21.3 Å². The summed E-state index contributed by atoms with van der Waals surface area (Å²) in [6.45, 7) is 10.7. The number of carbonyl (C=O) groups excluding carboxylic acids is 6. The summed E-state index contributed by atoms with van der Waals surface area (Å²) in [5.74, 6) is -3.62. The van der Waals surface area contributed by atoms with Crippen LogP contribution in [0.25, 0.3) is 0 Å². The van der Waals surface area contributed by atoms with Crippen molar-refractivity contribution in [1.29, 1.82) is 0 Å². The Kier molecular flexibility index (Phi) is 19.4. The molecule has 0 spiro atoms. The molecule has 6 amide bonds. The third kappa shape index (κ3) is 15.4. The van der Waals surface area contributed by atoms with Crippen molar-refractivity contribution in [3.63, 3.8) is 0 Å². The van der Waals surface area contributed by atoms with E-state index in [1.165, 1.54) is 11.9 Å². The van der Waals surface area contributed by atoms with Gasteiger partial charge in [0.15, 0.2) is 0 Å². The van der Waals surface area contributed by atoms with E-state index in [4.69, 9.17) is 17.2 Å². The molecule has 282 valence electrons. The summed E-state index contributed by atoms with van der Waals surface area (Å²) in [4.78, 5) is 77.9. The minimum absolute atomic E-state index is 0.0368. The van der Waals surface area contributed by atoms with Crippen LogP contribution >= 0.6 is 0 Å². The van der Waals surface area contributed by atoms with Gasteiger partial charge in [0.25, 0.3) is 0 Å². The lowest BCUT2D eigenvalue weighted by molar-refractivity contribution is -0.142. The van der Waals surface area contributed by atoms with Gasteiger partial charge >= 0.3 is 0 Å². The maximum atomic E-state index is 13.7. The molecule has 1 fully saturated rings. The van der Waals surface area contributed by atoms with Crippen LogP contribution in [0.5, 0.6) is 0 Å². The number of hydrogen-bond donors (Lipinski definition) is 8. The average molecular weight is 697 g/mol. The number of primary amides is 2. The Bertz CT molecular complexity index is 1100. The van der Waals surface area contributed by atoms with Crippen molar-refractivity contribution in [2.24, 2.45) is 40.9 Å². The topological polar surface area (TPSA) is 252 Å². The maximum Gasteiger partial charge on any atom is 0.243 e. The normalized spacial score (nSPS) is 18.0. The Morgan fingerprint density at radius 3 is 1.92 bits per heavy atom. The third-order valence-corrected chi connectivity index (χ3v) is 9.33. The fourth-order valence-corrected chi connectivity index (χ4v) is 6.13. The summed E-state index contributed by atoms with van der Waals surface area (Å²) in [6, 6.07) is -4.61. The second-order valence-corrected chi connectivity index (χ2v) is 14.5. The van der Waals surface area contributed by atoms with Crippen molar-refractivity contribution >= 4 is 35.4 Å². The zero-order valence-corrected chi connectivity index (χ0v) is 30.6. The van der Waals surface area contributed by atoms with E-state index in [0.29, 0.717) is 12.8 Å². The third-order valence-electron chi connectivity index (χ3n) is 9.33. The molecule has 1 aliphatic carbocycles. The van der Waals surface area contributed by atoms with Crippen LogP contribution in [0.2, 0.25) is 0 Å². The van der Waals surface area contributed by atoms with Gasteiger partial charge in [0.2, 0.25) is 35.4 Å². The molecular formula is C34H64N8O7. The lowest BCUT2D eigenvalue weighted by Gasteiger charge is -2.33. The first-order chi connectivity index (χ1) is 22.9. The predicted octanol–water partition coefficient (Wildman–Crippen LogP) is -0.0275. The predicted molar refractivity (Wildman–Crippen MR) is 187 cm³/mol. The highest BCUT2D eigenvalue weighted by Gasteiger charge is 2.34. The Hall–Kier alpha value is -3.30. The Morgan fingerprint density at radius 1 is 0.816 bits per heavy atom. The molecule has 0 aromatic rings. The second-order valence-electron chi connectivity index (χ2n) is 14.5. The number of nitrogens with two attached hydrogens (primary N) is 3. The molecule has 0 aliphatic heterocycles. The summed E-state index contributed by atoms with van der Waals surface area (Å²) >= 11 is 0. The number of rotatable bonds is 22. The quantitative estimate of drug-likeness (QED) is 0.0707. The summed E-state index contributed by atoms with van der Waals surface area (Å²) in [5, 5.41) is 22.6. The number of aliphatic hydroxyl groups is 1. The first-order valence-electron chi connectivity index (χ1n) is 17.8. The van der Waals surface area contributed by atoms with Crippen molar-refractivity contribution in [3.8, 4) is 0 Å².